The molecule has 0 saturated heterocycles. The van der Waals surface area contributed by atoms with Gasteiger partial charge in [0.2, 0.25) is 0 Å². The van der Waals surface area contributed by atoms with E-state index in [9.17, 15) is 4.79 Å². The van der Waals surface area contributed by atoms with E-state index in [1.165, 1.54) is 11.3 Å². The van der Waals surface area contributed by atoms with Crippen molar-refractivity contribution in [1.82, 2.24) is 14.8 Å². The second-order valence-electron chi connectivity index (χ2n) is 3.36. The van der Waals surface area contributed by atoms with Crippen LogP contribution in [0.1, 0.15) is 16.2 Å². The smallest absolute Gasteiger partial charge is 0.196 e. The van der Waals surface area contributed by atoms with E-state index in [1.54, 1.807) is 16.3 Å². The van der Waals surface area contributed by atoms with Crippen LogP contribution in [0.3, 0.4) is 0 Å². The largest absolute Gasteiger partial charge is 0.291 e. The number of Topliss-reactive ketones (excluding diaryl/α,β-unsaturated/α-hetero) is 1. The predicted molar refractivity (Wildman–Crippen MR) is 64.1 cm³/mol. The van der Waals surface area contributed by atoms with Crippen molar-refractivity contribution in [2.24, 2.45) is 7.05 Å². The summed E-state index contributed by atoms with van der Waals surface area (Å²) < 4.78 is 1.78. The van der Waals surface area contributed by atoms with Gasteiger partial charge in [0.1, 0.15) is 10.7 Å². The summed E-state index contributed by atoms with van der Waals surface area (Å²) in [5, 5.41) is 6.67. The minimum Gasteiger partial charge on any atom is -0.291 e. The van der Waals surface area contributed by atoms with Gasteiger partial charge in [-0.05, 0) is 6.92 Å². The number of nitrogens with zero attached hydrogens (tertiary/aromatic N) is 3. The van der Waals surface area contributed by atoms with Crippen LogP contribution in [0, 0.1) is 6.92 Å². The molecule has 2 rings (SSSR count). The Labute approximate surface area is 102 Å². The molecule has 0 atom stereocenters. The zero-order chi connectivity index (χ0) is 11.7. The highest BCUT2D eigenvalue weighted by atomic mass is 35.5. The fraction of sp³-hybridized carbons (Fsp3) is 0.300. The Kier molecular flexibility index (Phi) is 3.07. The van der Waals surface area contributed by atoms with E-state index < -0.39 is 0 Å². The molecule has 0 unspecified atom stereocenters. The molecule has 0 aliphatic carbocycles. The molecule has 0 aliphatic rings. The standard InChI is InChI=1S/C10H10ClN3OS/c1-6-7(4-12-14(6)2)10-13-8(5-16-10)9(15)3-11/h4-5H,3H2,1-2H3. The van der Waals surface area contributed by atoms with E-state index in [2.05, 4.69) is 10.1 Å². The molecule has 0 saturated carbocycles. The van der Waals surface area contributed by atoms with Gasteiger partial charge in [-0.2, -0.15) is 5.10 Å². The normalized spacial score (nSPS) is 10.7. The molecule has 0 aromatic carbocycles. The third-order valence-corrected chi connectivity index (χ3v) is 3.50. The van der Waals surface area contributed by atoms with Gasteiger partial charge in [-0.1, -0.05) is 0 Å². The predicted octanol–water partition coefficient (Wildman–Crippen LogP) is 2.27. The molecule has 2 heterocycles. The summed E-state index contributed by atoms with van der Waals surface area (Å²) in [6.07, 6.45) is 1.75. The quantitative estimate of drug-likeness (QED) is 0.624. The Hall–Kier alpha value is -1.20. The highest BCUT2D eigenvalue weighted by Crippen LogP contribution is 2.26. The van der Waals surface area contributed by atoms with Crippen molar-refractivity contribution >= 4 is 28.7 Å². The number of thiazole rings is 1. The van der Waals surface area contributed by atoms with Crippen molar-refractivity contribution < 1.29 is 4.79 Å². The second kappa shape index (κ2) is 4.35. The van der Waals surface area contributed by atoms with E-state index in [0.717, 1.165) is 16.3 Å². The highest BCUT2D eigenvalue weighted by Gasteiger charge is 2.13. The number of hydrogen-bond donors (Lipinski definition) is 0. The third kappa shape index (κ3) is 1.88. The van der Waals surface area contributed by atoms with Crippen molar-refractivity contribution in [3.05, 3.63) is 23.0 Å². The summed E-state index contributed by atoms with van der Waals surface area (Å²) in [4.78, 5) is 15.6. The van der Waals surface area contributed by atoms with E-state index in [-0.39, 0.29) is 11.7 Å². The molecule has 6 heteroatoms. The average molecular weight is 256 g/mol. The van der Waals surface area contributed by atoms with Gasteiger partial charge in [-0.15, -0.1) is 22.9 Å². The van der Waals surface area contributed by atoms with Crippen molar-refractivity contribution in [2.45, 2.75) is 6.92 Å². The summed E-state index contributed by atoms with van der Waals surface area (Å²) in [7, 11) is 1.87. The minimum absolute atomic E-state index is 0.0325. The fourth-order valence-electron chi connectivity index (χ4n) is 1.30. The third-order valence-electron chi connectivity index (χ3n) is 2.38. The lowest BCUT2D eigenvalue weighted by atomic mass is 10.3. The Bertz CT molecular complexity index is 532. The van der Waals surface area contributed by atoms with Crippen molar-refractivity contribution in [3.63, 3.8) is 0 Å². The minimum atomic E-state index is -0.147. The molecule has 2 aromatic rings. The Morgan fingerprint density at radius 1 is 1.62 bits per heavy atom. The maximum absolute atomic E-state index is 11.3. The van der Waals surface area contributed by atoms with Crippen molar-refractivity contribution in [1.29, 1.82) is 0 Å². The summed E-state index contributed by atoms with van der Waals surface area (Å²) in [6.45, 7) is 1.97. The number of alkyl halides is 1. The summed E-state index contributed by atoms with van der Waals surface area (Å²) in [5.74, 6) is -0.180. The molecule has 0 fully saturated rings. The number of aromatic nitrogens is 3. The topological polar surface area (TPSA) is 47.8 Å². The molecule has 0 amide bonds. The van der Waals surface area contributed by atoms with E-state index >= 15 is 0 Å². The summed E-state index contributed by atoms with van der Waals surface area (Å²) in [6, 6.07) is 0. The zero-order valence-electron chi connectivity index (χ0n) is 8.90. The van der Waals surface area contributed by atoms with Crippen LogP contribution in [0.25, 0.3) is 10.6 Å². The van der Waals surface area contributed by atoms with Crippen molar-refractivity contribution in [2.75, 3.05) is 5.88 Å². The van der Waals surface area contributed by atoms with Gasteiger partial charge in [0.05, 0.1) is 17.6 Å². The van der Waals surface area contributed by atoms with Gasteiger partial charge in [-0.25, -0.2) is 4.98 Å². The first-order valence-corrected chi connectivity index (χ1v) is 6.08. The molecule has 0 radical (unpaired) electrons. The first-order valence-electron chi connectivity index (χ1n) is 4.67. The molecular weight excluding hydrogens is 246 g/mol. The van der Waals surface area contributed by atoms with E-state index in [1.807, 2.05) is 14.0 Å². The number of aryl methyl sites for hydroxylation is 1. The molecule has 84 valence electrons. The molecule has 4 nitrogen and oxygen atoms in total. The number of carbonyl (C=O) groups excluding carboxylic acids is 1. The van der Waals surface area contributed by atoms with Crippen molar-refractivity contribution in [3.8, 4) is 10.6 Å². The number of hydrogen-bond acceptors (Lipinski definition) is 4. The molecule has 16 heavy (non-hydrogen) atoms. The monoisotopic (exact) mass is 255 g/mol. The van der Waals surface area contributed by atoms with Crippen LogP contribution < -0.4 is 0 Å². The van der Waals surface area contributed by atoms with Gasteiger partial charge < -0.3 is 0 Å². The first kappa shape index (κ1) is 11.3. The van der Waals surface area contributed by atoms with Crippen LogP contribution in [0.2, 0.25) is 0 Å². The average Bonchev–Trinajstić information content (AvgIpc) is 2.87. The van der Waals surface area contributed by atoms with Gasteiger partial charge in [0.25, 0.3) is 0 Å². The number of halogens is 1. The lowest BCUT2D eigenvalue weighted by Gasteiger charge is -1.95. The van der Waals surface area contributed by atoms with Gasteiger partial charge in [0.15, 0.2) is 5.78 Å². The highest BCUT2D eigenvalue weighted by molar-refractivity contribution is 7.13. The molecule has 2 aromatic heterocycles. The molecule has 0 aliphatic heterocycles. The molecular formula is C10H10ClN3OS. The maximum atomic E-state index is 11.3. The molecule has 0 N–H and O–H groups in total. The number of ketones is 1. The van der Waals surface area contributed by atoms with Crippen LogP contribution in [0.5, 0.6) is 0 Å². The van der Waals surface area contributed by atoms with Crippen LogP contribution in [-0.2, 0) is 7.05 Å². The van der Waals surface area contributed by atoms with E-state index in [0.29, 0.717) is 5.69 Å². The maximum Gasteiger partial charge on any atom is 0.196 e. The van der Waals surface area contributed by atoms with Gasteiger partial charge in [-0.3, -0.25) is 9.48 Å². The SMILES string of the molecule is Cc1c(-c2nc(C(=O)CCl)cs2)cnn1C. The fourth-order valence-corrected chi connectivity index (χ4v) is 2.33. The van der Waals surface area contributed by atoms with Crippen LogP contribution in [0.15, 0.2) is 11.6 Å². The second-order valence-corrected chi connectivity index (χ2v) is 4.49. The van der Waals surface area contributed by atoms with Crippen LogP contribution >= 0.6 is 22.9 Å². The first-order chi connectivity index (χ1) is 7.63. The summed E-state index contributed by atoms with van der Waals surface area (Å²) >= 11 is 6.91. The Balaban J connectivity index is 2.39. The lowest BCUT2D eigenvalue weighted by Crippen LogP contribution is -2.00. The lowest BCUT2D eigenvalue weighted by molar-refractivity contribution is 0.101. The van der Waals surface area contributed by atoms with Crippen LogP contribution in [0.4, 0.5) is 0 Å². The van der Waals surface area contributed by atoms with Gasteiger partial charge >= 0.3 is 0 Å². The van der Waals surface area contributed by atoms with Gasteiger partial charge in [0, 0.05) is 18.1 Å². The summed E-state index contributed by atoms with van der Waals surface area (Å²) in [5.41, 5.74) is 2.42. The zero-order valence-corrected chi connectivity index (χ0v) is 10.5. The van der Waals surface area contributed by atoms with E-state index in [4.69, 9.17) is 11.6 Å². The van der Waals surface area contributed by atoms with Crippen LogP contribution in [-0.4, -0.2) is 26.4 Å². The molecule has 0 bridgehead atoms. The Morgan fingerprint density at radius 2 is 2.38 bits per heavy atom. The molecule has 0 spiro atoms. The number of rotatable bonds is 3. The Morgan fingerprint density at radius 3 is 2.94 bits per heavy atom. The number of carbonyl (C=O) groups is 1.